The van der Waals surface area contributed by atoms with E-state index >= 15 is 0 Å². The first-order valence-corrected chi connectivity index (χ1v) is 8.51. The zero-order valence-electron chi connectivity index (χ0n) is 14.2. The predicted molar refractivity (Wildman–Crippen MR) is 98.4 cm³/mol. The maximum absolute atomic E-state index is 13.2. The molecular formula is C20H20N4O. The summed E-state index contributed by atoms with van der Waals surface area (Å²) in [6, 6.07) is 15.4. The van der Waals surface area contributed by atoms with Crippen LogP contribution in [0, 0.1) is 0 Å². The molecule has 1 aromatic carbocycles. The lowest BCUT2D eigenvalue weighted by molar-refractivity contribution is 0.0666. The van der Waals surface area contributed by atoms with E-state index in [2.05, 4.69) is 16.9 Å². The number of rotatable bonds is 2. The molecule has 0 unspecified atom stereocenters. The number of para-hydroxylation sites is 1. The Bertz CT molecular complexity index is 902. The van der Waals surface area contributed by atoms with Crippen LogP contribution in [-0.2, 0) is 0 Å². The summed E-state index contributed by atoms with van der Waals surface area (Å²) in [5.74, 6) is 0.0730. The van der Waals surface area contributed by atoms with Gasteiger partial charge in [-0.05, 0) is 31.3 Å². The largest absolute Gasteiger partial charge is 0.336 e. The second-order valence-corrected chi connectivity index (χ2v) is 6.38. The van der Waals surface area contributed by atoms with E-state index in [1.54, 1.807) is 6.20 Å². The van der Waals surface area contributed by atoms with Gasteiger partial charge in [-0.2, -0.15) is 0 Å². The topological polar surface area (TPSA) is 49.3 Å². The van der Waals surface area contributed by atoms with Gasteiger partial charge in [-0.3, -0.25) is 9.78 Å². The van der Waals surface area contributed by atoms with Crippen LogP contribution in [0.2, 0.25) is 0 Å². The highest BCUT2D eigenvalue weighted by Crippen LogP contribution is 2.25. The molecule has 25 heavy (non-hydrogen) atoms. The Balaban J connectivity index is 1.80. The van der Waals surface area contributed by atoms with Gasteiger partial charge in [0.15, 0.2) is 0 Å². The standard InChI is InChI=1S/C20H20N4O/c1-23-10-12-24(13-11-23)20(25)16-14-19(18-8-4-5-9-21-18)22-17-7-3-2-6-15(16)17/h2-9,14H,10-13H2,1H3. The first-order valence-electron chi connectivity index (χ1n) is 8.51. The van der Waals surface area contributed by atoms with Crippen LogP contribution in [0.4, 0.5) is 0 Å². The van der Waals surface area contributed by atoms with E-state index in [0.29, 0.717) is 5.56 Å². The molecule has 3 aromatic rings. The molecule has 4 rings (SSSR count). The summed E-state index contributed by atoms with van der Waals surface area (Å²) in [5.41, 5.74) is 3.04. The number of aromatic nitrogens is 2. The molecule has 1 saturated heterocycles. The fourth-order valence-corrected chi connectivity index (χ4v) is 3.18. The molecule has 1 fully saturated rings. The Hall–Kier alpha value is -2.79. The fourth-order valence-electron chi connectivity index (χ4n) is 3.18. The highest BCUT2D eigenvalue weighted by molar-refractivity contribution is 6.07. The van der Waals surface area contributed by atoms with E-state index < -0.39 is 0 Å². The van der Waals surface area contributed by atoms with Crippen molar-refractivity contribution >= 4 is 16.8 Å². The first-order chi connectivity index (χ1) is 12.2. The van der Waals surface area contributed by atoms with Crippen molar-refractivity contribution in [1.82, 2.24) is 19.8 Å². The smallest absolute Gasteiger partial charge is 0.254 e. The quantitative estimate of drug-likeness (QED) is 0.724. The number of pyridine rings is 2. The molecule has 1 aliphatic heterocycles. The summed E-state index contributed by atoms with van der Waals surface area (Å²) < 4.78 is 0. The Morgan fingerprint density at radius 3 is 2.48 bits per heavy atom. The maximum Gasteiger partial charge on any atom is 0.254 e. The van der Waals surface area contributed by atoms with Crippen LogP contribution in [0.15, 0.2) is 54.7 Å². The molecular weight excluding hydrogens is 312 g/mol. The van der Waals surface area contributed by atoms with Crippen LogP contribution in [0.5, 0.6) is 0 Å². The van der Waals surface area contributed by atoms with Gasteiger partial charge in [-0.1, -0.05) is 24.3 Å². The van der Waals surface area contributed by atoms with Crippen molar-refractivity contribution in [3.8, 4) is 11.4 Å². The number of fused-ring (bicyclic) bond motifs is 1. The predicted octanol–water partition coefficient (Wildman–Crippen LogP) is 2.68. The minimum absolute atomic E-state index is 0.0730. The number of benzene rings is 1. The zero-order chi connectivity index (χ0) is 17.2. The van der Waals surface area contributed by atoms with Gasteiger partial charge >= 0.3 is 0 Å². The molecule has 126 valence electrons. The normalized spacial score (nSPS) is 15.5. The molecule has 0 N–H and O–H groups in total. The number of nitrogens with zero attached hydrogens (tertiary/aromatic N) is 4. The Morgan fingerprint density at radius 1 is 0.960 bits per heavy atom. The van der Waals surface area contributed by atoms with Crippen molar-refractivity contribution in [2.45, 2.75) is 0 Å². The van der Waals surface area contributed by atoms with E-state index in [0.717, 1.165) is 48.5 Å². The monoisotopic (exact) mass is 332 g/mol. The third-order valence-electron chi connectivity index (χ3n) is 4.66. The van der Waals surface area contributed by atoms with Crippen LogP contribution in [-0.4, -0.2) is 58.9 Å². The van der Waals surface area contributed by atoms with Crippen molar-refractivity contribution in [3.05, 3.63) is 60.3 Å². The van der Waals surface area contributed by atoms with Gasteiger partial charge in [0.05, 0.1) is 22.5 Å². The van der Waals surface area contributed by atoms with E-state index in [9.17, 15) is 4.79 Å². The second-order valence-electron chi connectivity index (χ2n) is 6.38. The molecule has 3 heterocycles. The average Bonchev–Trinajstić information content (AvgIpc) is 2.68. The lowest BCUT2D eigenvalue weighted by Gasteiger charge is -2.32. The van der Waals surface area contributed by atoms with Crippen molar-refractivity contribution in [1.29, 1.82) is 0 Å². The lowest BCUT2D eigenvalue weighted by atomic mass is 10.0. The number of hydrogen-bond donors (Lipinski definition) is 0. The number of amides is 1. The molecule has 5 heteroatoms. The average molecular weight is 332 g/mol. The Kier molecular flexibility index (Phi) is 4.15. The summed E-state index contributed by atoms with van der Waals surface area (Å²) in [6.07, 6.45) is 1.74. The molecule has 1 aliphatic rings. The molecule has 1 amide bonds. The van der Waals surface area contributed by atoms with Crippen LogP contribution in [0.3, 0.4) is 0 Å². The number of likely N-dealkylation sites (N-methyl/N-ethyl adjacent to an activating group) is 1. The highest BCUT2D eigenvalue weighted by atomic mass is 16.2. The van der Waals surface area contributed by atoms with Gasteiger partial charge in [0, 0.05) is 37.8 Å². The SMILES string of the molecule is CN1CCN(C(=O)c2cc(-c3ccccn3)nc3ccccc23)CC1. The van der Waals surface area contributed by atoms with Crippen LogP contribution in [0.25, 0.3) is 22.3 Å². The van der Waals surface area contributed by atoms with Crippen molar-refractivity contribution in [3.63, 3.8) is 0 Å². The fraction of sp³-hybridized carbons (Fsp3) is 0.250. The number of hydrogen-bond acceptors (Lipinski definition) is 4. The molecule has 5 nitrogen and oxygen atoms in total. The maximum atomic E-state index is 13.2. The third kappa shape index (κ3) is 3.10. The number of carbonyl (C=O) groups is 1. The summed E-state index contributed by atoms with van der Waals surface area (Å²) >= 11 is 0. The van der Waals surface area contributed by atoms with Crippen LogP contribution in [0.1, 0.15) is 10.4 Å². The van der Waals surface area contributed by atoms with Crippen LogP contribution < -0.4 is 0 Å². The van der Waals surface area contributed by atoms with Gasteiger partial charge in [0.25, 0.3) is 5.91 Å². The van der Waals surface area contributed by atoms with Gasteiger partial charge in [0.1, 0.15) is 0 Å². The lowest BCUT2D eigenvalue weighted by Crippen LogP contribution is -2.47. The zero-order valence-corrected chi connectivity index (χ0v) is 14.2. The molecule has 0 atom stereocenters. The van der Waals surface area contributed by atoms with Gasteiger partial charge in [-0.25, -0.2) is 4.98 Å². The summed E-state index contributed by atoms with van der Waals surface area (Å²) in [5, 5.41) is 0.895. The van der Waals surface area contributed by atoms with Gasteiger partial charge < -0.3 is 9.80 Å². The molecule has 0 aliphatic carbocycles. The summed E-state index contributed by atoms with van der Waals surface area (Å²) in [6.45, 7) is 3.32. The summed E-state index contributed by atoms with van der Waals surface area (Å²) in [7, 11) is 2.09. The van der Waals surface area contributed by atoms with E-state index in [1.807, 2.05) is 53.4 Å². The van der Waals surface area contributed by atoms with Gasteiger partial charge in [-0.15, -0.1) is 0 Å². The number of piperazine rings is 1. The highest BCUT2D eigenvalue weighted by Gasteiger charge is 2.23. The third-order valence-corrected chi connectivity index (χ3v) is 4.66. The minimum Gasteiger partial charge on any atom is -0.336 e. The van der Waals surface area contributed by atoms with Crippen molar-refractivity contribution in [2.24, 2.45) is 0 Å². The Morgan fingerprint density at radius 2 is 1.72 bits per heavy atom. The molecule has 0 saturated carbocycles. The molecule has 2 aromatic heterocycles. The molecule has 0 radical (unpaired) electrons. The number of carbonyl (C=O) groups excluding carboxylic acids is 1. The van der Waals surface area contributed by atoms with E-state index in [1.165, 1.54) is 0 Å². The molecule has 0 spiro atoms. The van der Waals surface area contributed by atoms with Crippen LogP contribution >= 0.6 is 0 Å². The first kappa shape index (κ1) is 15.7. The van der Waals surface area contributed by atoms with Gasteiger partial charge in [0.2, 0.25) is 0 Å². The Labute approximate surface area is 146 Å². The van der Waals surface area contributed by atoms with E-state index in [-0.39, 0.29) is 5.91 Å². The van der Waals surface area contributed by atoms with Crippen molar-refractivity contribution in [2.75, 3.05) is 33.2 Å². The van der Waals surface area contributed by atoms with Crippen molar-refractivity contribution < 1.29 is 4.79 Å². The molecule has 0 bridgehead atoms. The minimum atomic E-state index is 0.0730. The van der Waals surface area contributed by atoms with E-state index in [4.69, 9.17) is 4.98 Å². The summed E-state index contributed by atoms with van der Waals surface area (Å²) in [4.78, 5) is 26.4. The second kappa shape index (κ2) is 6.61.